The lowest BCUT2D eigenvalue weighted by Gasteiger charge is -2.37. The van der Waals surface area contributed by atoms with Crippen LogP contribution in [-0.4, -0.2) is 37.5 Å². The first kappa shape index (κ1) is 10.5. The van der Waals surface area contributed by atoms with Crippen LogP contribution in [0.2, 0.25) is 0 Å². The summed E-state index contributed by atoms with van der Waals surface area (Å²) in [5.74, 6) is 0.0835. The van der Waals surface area contributed by atoms with Crippen LogP contribution in [0.5, 0.6) is 0 Å². The minimum Gasteiger partial charge on any atom is -0.356 e. The summed E-state index contributed by atoms with van der Waals surface area (Å²) in [5, 5.41) is 2.91. The molecule has 1 fully saturated rings. The Bertz CT molecular complexity index is 183. The van der Waals surface area contributed by atoms with E-state index in [2.05, 4.69) is 24.2 Å². The van der Waals surface area contributed by atoms with Crippen molar-refractivity contribution in [2.24, 2.45) is 5.41 Å². The van der Waals surface area contributed by atoms with Crippen molar-refractivity contribution in [2.45, 2.75) is 26.7 Å². The number of piperidine rings is 1. The van der Waals surface area contributed by atoms with Crippen LogP contribution < -0.4 is 5.32 Å². The fraction of sp³-hybridized carbons (Fsp3) is 0.900. The summed E-state index contributed by atoms with van der Waals surface area (Å²) in [6, 6.07) is 0. The van der Waals surface area contributed by atoms with Crippen molar-refractivity contribution in [3.05, 3.63) is 0 Å². The first-order chi connectivity index (χ1) is 6.02. The summed E-state index contributed by atoms with van der Waals surface area (Å²) in [6.07, 6.45) is 2.37. The lowest BCUT2D eigenvalue weighted by Crippen LogP contribution is -2.43. The molecule has 1 aliphatic rings. The van der Waals surface area contributed by atoms with Gasteiger partial charge in [-0.3, -0.25) is 4.79 Å². The first-order valence-corrected chi connectivity index (χ1v) is 4.95. The van der Waals surface area contributed by atoms with Crippen LogP contribution in [0, 0.1) is 5.41 Å². The Hall–Kier alpha value is -0.570. The Morgan fingerprint density at radius 1 is 1.46 bits per heavy atom. The SMILES string of the molecule is CC(=O)NCC1(C)CCN(C)CC1. The van der Waals surface area contributed by atoms with Gasteiger partial charge in [0, 0.05) is 13.5 Å². The highest BCUT2D eigenvalue weighted by atomic mass is 16.1. The fourth-order valence-electron chi connectivity index (χ4n) is 1.67. The number of carbonyl (C=O) groups excluding carboxylic acids is 1. The Labute approximate surface area is 80.5 Å². The fourth-order valence-corrected chi connectivity index (χ4v) is 1.67. The first-order valence-electron chi connectivity index (χ1n) is 4.95. The summed E-state index contributed by atoms with van der Waals surface area (Å²) >= 11 is 0. The largest absolute Gasteiger partial charge is 0.356 e. The molecule has 0 radical (unpaired) electrons. The van der Waals surface area contributed by atoms with E-state index in [4.69, 9.17) is 0 Å². The highest BCUT2D eigenvalue weighted by Gasteiger charge is 2.28. The highest BCUT2D eigenvalue weighted by molar-refractivity contribution is 5.72. The summed E-state index contributed by atoms with van der Waals surface area (Å²) in [7, 11) is 2.15. The van der Waals surface area contributed by atoms with E-state index in [9.17, 15) is 4.79 Å². The molecule has 1 heterocycles. The average Bonchev–Trinajstić information content (AvgIpc) is 2.08. The molecule has 1 aliphatic heterocycles. The van der Waals surface area contributed by atoms with E-state index in [0.717, 1.165) is 19.6 Å². The average molecular weight is 184 g/mol. The van der Waals surface area contributed by atoms with Crippen molar-refractivity contribution in [3.63, 3.8) is 0 Å². The third kappa shape index (κ3) is 3.35. The van der Waals surface area contributed by atoms with Gasteiger partial charge in [-0.25, -0.2) is 0 Å². The zero-order valence-electron chi connectivity index (χ0n) is 8.89. The van der Waals surface area contributed by atoms with Crippen molar-refractivity contribution in [1.82, 2.24) is 10.2 Å². The molecule has 0 aromatic heterocycles. The second-order valence-electron chi connectivity index (χ2n) is 4.52. The number of nitrogens with one attached hydrogen (secondary N) is 1. The van der Waals surface area contributed by atoms with Gasteiger partial charge in [0.15, 0.2) is 0 Å². The minimum atomic E-state index is 0.0835. The van der Waals surface area contributed by atoms with Crippen molar-refractivity contribution >= 4 is 5.91 Å². The predicted octanol–water partition coefficient (Wildman–Crippen LogP) is 0.854. The van der Waals surface area contributed by atoms with Gasteiger partial charge in [-0.15, -0.1) is 0 Å². The molecule has 0 aliphatic carbocycles. The normalized spacial score (nSPS) is 22.7. The Kier molecular flexibility index (Phi) is 3.31. The smallest absolute Gasteiger partial charge is 0.216 e. The molecule has 1 saturated heterocycles. The molecular formula is C10H20N2O. The quantitative estimate of drug-likeness (QED) is 0.690. The maximum Gasteiger partial charge on any atom is 0.216 e. The van der Waals surface area contributed by atoms with Gasteiger partial charge in [0.2, 0.25) is 5.91 Å². The van der Waals surface area contributed by atoms with E-state index in [1.807, 2.05) is 0 Å². The molecule has 0 atom stereocenters. The van der Waals surface area contributed by atoms with Crippen molar-refractivity contribution < 1.29 is 4.79 Å². The standard InChI is InChI=1S/C10H20N2O/c1-9(13)11-8-10(2)4-6-12(3)7-5-10/h4-8H2,1-3H3,(H,11,13). The van der Waals surface area contributed by atoms with Crippen LogP contribution in [0.3, 0.4) is 0 Å². The zero-order valence-corrected chi connectivity index (χ0v) is 8.89. The second-order valence-corrected chi connectivity index (χ2v) is 4.52. The molecule has 1 amide bonds. The second kappa shape index (κ2) is 4.09. The molecule has 3 heteroatoms. The van der Waals surface area contributed by atoms with Gasteiger partial charge in [-0.05, 0) is 38.4 Å². The van der Waals surface area contributed by atoms with Crippen LogP contribution in [0.1, 0.15) is 26.7 Å². The Balaban J connectivity index is 2.34. The van der Waals surface area contributed by atoms with Gasteiger partial charge in [-0.1, -0.05) is 6.92 Å². The van der Waals surface area contributed by atoms with E-state index in [0.29, 0.717) is 5.41 Å². The predicted molar refractivity (Wildman–Crippen MR) is 53.5 cm³/mol. The molecule has 0 aromatic carbocycles. The number of rotatable bonds is 2. The summed E-state index contributed by atoms with van der Waals surface area (Å²) in [6.45, 7) is 6.97. The number of hydrogen-bond acceptors (Lipinski definition) is 2. The summed E-state index contributed by atoms with van der Waals surface area (Å²) in [4.78, 5) is 13.1. The van der Waals surface area contributed by atoms with Gasteiger partial charge in [-0.2, -0.15) is 0 Å². The van der Waals surface area contributed by atoms with Crippen LogP contribution >= 0.6 is 0 Å². The zero-order chi connectivity index (χ0) is 9.90. The lowest BCUT2D eigenvalue weighted by atomic mass is 9.80. The van der Waals surface area contributed by atoms with Crippen LogP contribution in [0.4, 0.5) is 0 Å². The monoisotopic (exact) mass is 184 g/mol. The molecule has 1 N–H and O–H groups in total. The van der Waals surface area contributed by atoms with E-state index >= 15 is 0 Å². The highest BCUT2D eigenvalue weighted by Crippen LogP contribution is 2.29. The summed E-state index contributed by atoms with van der Waals surface area (Å²) in [5.41, 5.74) is 0.318. The molecule has 13 heavy (non-hydrogen) atoms. The van der Waals surface area contributed by atoms with Crippen molar-refractivity contribution in [3.8, 4) is 0 Å². The summed E-state index contributed by atoms with van der Waals surface area (Å²) < 4.78 is 0. The van der Waals surface area contributed by atoms with Gasteiger partial charge in [0.1, 0.15) is 0 Å². The van der Waals surface area contributed by atoms with Crippen molar-refractivity contribution in [1.29, 1.82) is 0 Å². The molecule has 0 bridgehead atoms. The maximum atomic E-state index is 10.8. The molecule has 0 spiro atoms. The molecule has 0 saturated carbocycles. The van der Waals surface area contributed by atoms with Crippen LogP contribution in [-0.2, 0) is 4.79 Å². The number of amides is 1. The molecule has 3 nitrogen and oxygen atoms in total. The third-order valence-corrected chi connectivity index (χ3v) is 2.96. The number of hydrogen-bond donors (Lipinski definition) is 1. The molecular weight excluding hydrogens is 164 g/mol. The molecule has 0 unspecified atom stereocenters. The Morgan fingerprint density at radius 3 is 2.46 bits per heavy atom. The van der Waals surface area contributed by atoms with Crippen LogP contribution in [0.25, 0.3) is 0 Å². The van der Waals surface area contributed by atoms with E-state index in [1.165, 1.54) is 12.8 Å². The van der Waals surface area contributed by atoms with Gasteiger partial charge in [0.25, 0.3) is 0 Å². The molecule has 76 valence electrons. The van der Waals surface area contributed by atoms with Crippen LogP contribution in [0.15, 0.2) is 0 Å². The molecule has 0 aromatic rings. The number of carbonyl (C=O) groups is 1. The van der Waals surface area contributed by atoms with Gasteiger partial charge < -0.3 is 10.2 Å². The van der Waals surface area contributed by atoms with E-state index in [1.54, 1.807) is 6.92 Å². The Morgan fingerprint density at radius 2 is 2.00 bits per heavy atom. The van der Waals surface area contributed by atoms with E-state index < -0.39 is 0 Å². The molecule has 1 rings (SSSR count). The van der Waals surface area contributed by atoms with E-state index in [-0.39, 0.29) is 5.91 Å². The number of likely N-dealkylation sites (tertiary alicyclic amines) is 1. The third-order valence-electron chi connectivity index (χ3n) is 2.96. The van der Waals surface area contributed by atoms with Crippen molar-refractivity contribution in [2.75, 3.05) is 26.7 Å². The van der Waals surface area contributed by atoms with Gasteiger partial charge >= 0.3 is 0 Å². The maximum absolute atomic E-state index is 10.8. The minimum absolute atomic E-state index is 0.0835. The lowest BCUT2D eigenvalue weighted by molar-refractivity contribution is -0.119. The topological polar surface area (TPSA) is 32.3 Å². The number of nitrogens with zero attached hydrogens (tertiary/aromatic N) is 1. The van der Waals surface area contributed by atoms with Gasteiger partial charge in [0.05, 0.1) is 0 Å².